The third-order valence-corrected chi connectivity index (χ3v) is 5.33. The summed E-state index contributed by atoms with van der Waals surface area (Å²) in [6.07, 6.45) is 2.28. The molecular weight excluding hydrogens is 358 g/mol. The first kappa shape index (κ1) is 17.7. The maximum absolute atomic E-state index is 5.32. The number of rotatable bonds is 9. The summed E-state index contributed by atoms with van der Waals surface area (Å²) in [5.41, 5.74) is 0.859. The fourth-order valence-electron chi connectivity index (χ4n) is 2.03. The van der Waals surface area contributed by atoms with Crippen molar-refractivity contribution in [2.24, 2.45) is 0 Å². The number of hydrogen-bond donors (Lipinski definition) is 1. The average Bonchev–Trinajstić information content (AvgIpc) is 3.30. The van der Waals surface area contributed by atoms with Crippen LogP contribution in [0.4, 0.5) is 5.13 Å². The Balaban J connectivity index is 1.56. The highest BCUT2D eigenvalue weighted by Crippen LogP contribution is 2.29. The molecule has 132 valence electrons. The highest BCUT2D eigenvalue weighted by molar-refractivity contribution is 8.00. The summed E-state index contributed by atoms with van der Waals surface area (Å²) in [4.78, 5) is 4.43. The number of anilines is 1. The number of nitrogens with one attached hydrogen (secondary N) is 1. The van der Waals surface area contributed by atoms with Crippen LogP contribution in [0.2, 0.25) is 0 Å². The fourth-order valence-corrected chi connectivity index (χ4v) is 3.64. The van der Waals surface area contributed by atoms with Crippen molar-refractivity contribution in [2.45, 2.75) is 29.9 Å². The molecule has 0 unspecified atom stereocenters. The Bertz CT molecular complexity index is 805. The van der Waals surface area contributed by atoms with Gasteiger partial charge in [-0.15, -0.1) is 10.2 Å². The van der Waals surface area contributed by atoms with E-state index in [0.29, 0.717) is 17.5 Å². The monoisotopic (exact) mass is 377 g/mol. The molecular formula is C16H19N5O2S2. The Morgan fingerprint density at radius 2 is 2.24 bits per heavy atom. The summed E-state index contributed by atoms with van der Waals surface area (Å²) in [6.45, 7) is 3.08. The van der Waals surface area contributed by atoms with Crippen molar-refractivity contribution in [1.29, 1.82) is 0 Å². The molecule has 3 aromatic rings. The van der Waals surface area contributed by atoms with Gasteiger partial charge in [-0.1, -0.05) is 53.7 Å². The fraction of sp³-hybridized carbons (Fsp3) is 0.375. The zero-order valence-corrected chi connectivity index (χ0v) is 15.7. The lowest BCUT2D eigenvalue weighted by molar-refractivity contribution is 0.391. The Labute approximate surface area is 154 Å². The van der Waals surface area contributed by atoms with Gasteiger partial charge in [0.25, 0.3) is 0 Å². The molecule has 0 bridgehead atoms. The van der Waals surface area contributed by atoms with Gasteiger partial charge in [0.1, 0.15) is 5.75 Å². The van der Waals surface area contributed by atoms with Gasteiger partial charge < -0.3 is 14.6 Å². The molecule has 2 aromatic heterocycles. The molecule has 2 heterocycles. The number of ether oxygens (including phenoxy) is 1. The van der Waals surface area contributed by atoms with E-state index in [0.717, 1.165) is 40.2 Å². The van der Waals surface area contributed by atoms with Crippen LogP contribution in [0.25, 0.3) is 11.4 Å². The maximum Gasteiger partial charge on any atom is 0.237 e. The van der Waals surface area contributed by atoms with E-state index in [9.17, 15) is 0 Å². The van der Waals surface area contributed by atoms with Crippen molar-refractivity contribution >= 4 is 28.2 Å². The normalized spacial score (nSPS) is 10.8. The molecule has 7 nitrogen and oxygen atoms in total. The molecule has 25 heavy (non-hydrogen) atoms. The molecule has 0 spiro atoms. The molecule has 0 aliphatic carbocycles. The summed E-state index contributed by atoms with van der Waals surface area (Å²) in [5.74, 6) is 2.42. The van der Waals surface area contributed by atoms with Crippen molar-refractivity contribution in [1.82, 2.24) is 20.3 Å². The molecule has 0 aliphatic rings. The van der Waals surface area contributed by atoms with E-state index >= 15 is 0 Å². The highest BCUT2D eigenvalue weighted by atomic mass is 32.2. The van der Waals surface area contributed by atoms with Crippen molar-refractivity contribution in [3.63, 3.8) is 0 Å². The van der Waals surface area contributed by atoms with E-state index in [1.165, 1.54) is 23.1 Å². The van der Waals surface area contributed by atoms with E-state index in [4.69, 9.17) is 9.26 Å². The zero-order chi connectivity index (χ0) is 17.5. The van der Waals surface area contributed by atoms with E-state index < -0.39 is 0 Å². The summed E-state index contributed by atoms with van der Waals surface area (Å²) in [7, 11) is 1.63. The maximum atomic E-state index is 5.32. The van der Waals surface area contributed by atoms with Gasteiger partial charge >= 0.3 is 0 Å². The molecule has 0 radical (unpaired) electrons. The highest BCUT2D eigenvalue weighted by Gasteiger charge is 2.11. The first-order valence-corrected chi connectivity index (χ1v) is 9.76. The molecule has 9 heteroatoms. The smallest absolute Gasteiger partial charge is 0.237 e. The average molecular weight is 377 g/mol. The predicted molar refractivity (Wildman–Crippen MR) is 99.2 cm³/mol. The quantitative estimate of drug-likeness (QED) is 0.440. The third-order valence-electron chi connectivity index (χ3n) is 3.33. The first-order valence-electron chi connectivity index (χ1n) is 7.95. The topological polar surface area (TPSA) is 86.0 Å². The van der Waals surface area contributed by atoms with Gasteiger partial charge in [0, 0.05) is 12.1 Å². The van der Waals surface area contributed by atoms with Crippen LogP contribution in [0.15, 0.2) is 33.1 Å². The molecule has 0 fully saturated rings. The number of thioether (sulfide) groups is 1. The lowest BCUT2D eigenvalue weighted by Gasteiger charge is -1.99. The molecule has 0 aliphatic heterocycles. The van der Waals surface area contributed by atoms with Crippen LogP contribution in [0, 0.1) is 0 Å². The summed E-state index contributed by atoms with van der Waals surface area (Å²) < 4.78 is 11.4. The lowest BCUT2D eigenvalue weighted by atomic mass is 10.2. The molecule has 0 saturated heterocycles. The third kappa shape index (κ3) is 4.93. The van der Waals surface area contributed by atoms with Crippen molar-refractivity contribution in [3.05, 3.63) is 30.2 Å². The van der Waals surface area contributed by atoms with Crippen LogP contribution in [0.1, 0.15) is 25.7 Å². The number of nitrogens with zero attached hydrogens (tertiary/aromatic N) is 4. The van der Waals surface area contributed by atoms with Crippen LogP contribution in [-0.2, 0) is 5.75 Å². The largest absolute Gasteiger partial charge is 0.497 e. The van der Waals surface area contributed by atoms with Crippen LogP contribution < -0.4 is 10.1 Å². The minimum atomic E-state index is 0.550. The van der Waals surface area contributed by atoms with E-state index in [2.05, 4.69) is 32.6 Å². The van der Waals surface area contributed by atoms with E-state index in [1.54, 1.807) is 7.11 Å². The van der Waals surface area contributed by atoms with Gasteiger partial charge in [0.2, 0.25) is 16.8 Å². The molecule has 1 N–H and O–H groups in total. The number of methoxy groups -OCH3 is 1. The van der Waals surface area contributed by atoms with Crippen molar-refractivity contribution in [3.8, 4) is 17.1 Å². The van der Waals surface area contributed by atoms with E-state index in [1.807, 2.05) is 24.3 Å². The summed E-state index contributed by atoms with van der Waals surface area (Å²) in [5, 5.41) is 16.4. The van der Waals surface area contributed by atoms with Gasteiger partial charge in [-0.3, -0.25) is 0 Å². The lowest BCUT2D eigenvalue weighted by Crippen LogP contribution is -1.99. The van der Waals surface area contributed by atoms with Crippen LogP contribution in [-0.4, -0.2) is 34.0 Å². The Morgan fingerprint density at radius 1 is 1.32 bits per heavy atom. The predicted octanol–water partition coefficient (Wildman–Crippen LogP) is 4.10. The molecule has 0 amide bonds. The number of hydrogen-bond acceptors (Lipinski definition) is 9. The second kappa shape index (κ2) is 8.82. The molecule has 0 saturated carbocycles. The van der Waals surface area contributed by atoms with Crippen molar-refractivity contribution in [2.75, 3.05) is 19.0 Å². The Kier molecular flexibility index (Phi) is 6.24. The standard InChI is InChI=1S/C16H19N5O2S2/c1-3-4-8-17-15-19-20-16(25-15)24-10-13-18-14(21-23-13)11-6-5-7-12(9-11)22-2/h5-7,9H,3-4,8,10H2,1-2H3,(H,17,19). The minimum absolute atomic E-state index is 0.550. The second-order valence-electron chi connectivity index (χ2n) is 5.19. The molecule has 3 rings (SSSR count). The first-order chi connectivity index (χ1) is 12.3. The van der Waals surface area contributed by atoms with Gasteiger partial charge in [-0.05, 0) is 18.6 Å². The SMILES string of the molecule is CCCCNc1nnc(SCc2nc(-c3cccc(OC)c3)no2)s1. The van der Waals surface area contributed by atoms with Crippen LogP contribution in [0.5, 0.6) is 5.75 Å². The Hall–Kier alpha value is -2.13. The van der Waals surface area contributed by atoms with Crippen LogP contribution >= 0.6 is 23.1 Å². The van der Waals surface area contributed by atoms with Gasteiger partial charge in [-0.25, -0.2) is 0 Å². The number of unbranched alkanes of at least 4 members (excludes halogenated alkanes) is 1. The van der Waals surface area contributed by atoms with Crippen molar-refractivity contribution < 1.29 is 9.26 Å². The summed E-state index contributed by atoms with van der Waals surface area (Å²) >= 11 is 3.07. The van der Waals surface area contributed by atoms with Gasteiger partial charge in [0.05, 0.1) is 12.9 Å². The van der Waals surface area contributed by atoms with Gasteiger partial charge in [0.15, 0.2) is 4.34 Å². The number of aromatic nitrogens is 4. The number of benzene rings is 1. The second-order valence-corrected chi connectivity index (χ2v) is 7.39. The zero-order valence-electron chi connectivity index (χ0n) is 14.1. The van der Waals surface area contributed by atoms with Gasteiger partial charge in [-0.2, -0.15) is 4.98 Å². The van der Waals surface area contributed by atoms with Crippen LogP contribution in [0.3, 0.4) is 0 Å². The molecule has 1 aromatic carbocycles. The molecule has 0 atom stereocenters. The summed E-state index contributed by atoms with van der Waals surface area (Å²) in [6, 6.07) is 7.57. The Morgan fingerprint density at radius 3 is 3.08 bits per heavy atom. The van der Waals surface area contributed by atoms with E-state index in [-0.39, 0.29) is 0 Å². The minimum Gasteiger partial charge on any atom is -0.497 e.